The number of ether oxygens (including phenoxy) is 1. The molecule has 1 aliphatic rings. The molecule has 1 aromatic heterocycles. The average Bonchev–Trinajstić information content (AvgIpc) is 3.36. The van der Waals surface area contributed by atoms with E-state index in [4.69, 9.17) is 15.6 Å². The number of halogens is 1. The summed E-state index contributed by atoms with van der Waals surface area (Å²) in [5.74, 6) is -0.128. The van der Waals surface area contributed by atoms with Crippen molar-refractivity contribution in [2.24, 2.45) is 5.73 Å². The van der Waals surface area contributed by atoms with Gasteiger partial charge in [0.15, 0.2) is 0 Å². The van der Waals surface area contributed by atoms with E-state index in [1.165, 1.54) is 11.1 Å². The van der Waals surface area contributed by atoms with Crippen LogP contribution in [0.1, 0.15) is 34.9 Å². The largest absolute Gasteiger partial charge is 0.360 e. The lowest BCUT2D eigenvalue weighted by Crippen LogP contribution is -2.40. The Labute approximate surface area is 223 Å². The second-order valence-corrected chi connectivity index (χ2v) is 17.5. The van der Waals surface area contributed by atoms with Gasteiger partial charge in [-0.2, -0.15) is 5.10 Å². The minimum atomic E-state index is -1.11. The van der Waals surface area contributed by atoms with E-state index in [1.54, 1.807) is 0 Å². The molecule has 1 unspecified atom stereocenters. The molecule has 2 atom stereocenters. The van der Waals surface area contributed by atoms with Gasteiger partial charge in [0.25, 0.3) is 0 Å². The number of hydrogen-bond donors (Lipinski definition) is 2. The van der Waals surface area contributed by atoms with Crippen LogP contribution in [-0.4, -0.2) is 36.4 Å². The molecule has 4 rings (SSSR count). The topological polar surface area (TPSA) is 82.2 Å². The zero-order valence-corrected chi connectivity index (χ0v) is 24.5. The van der Waals surface area contributed by atoms with Crippen molar-refractivity contribution >= 4 is 35.6 Å². The Bertz CT molecular complexity index is 1230. The number of amides is 1. The maximum Gasteiger partial charge on any atom is 0.241 e. The maximum absolute atomic E-state index is 13.0. The predicted molar refractivity (Wildman–Crippen MR) is 153 cm³/mol. The molecule has 3 N–H and O–H groups in total. The van der Waals surface area contributed by atoms with Crippen LogP contribution in [0.2, 0.25) is 25.7 Å². The summed E-state index contributed by atoms with van der Waals surface area (Å²) in [6.45, 7) is 12.4. The lowest BCUT2D eigenvalue weighted by Gasteiger charge is -2.20. The standard InChI is InChI=1S/C28H37BrN4O2Si/c1-18-26(19(2)33(32-18)17-35-14-15-36(3,4)5)21-7-11-23(12-8-21)31-28(34)27(30)24-13-9-20-6-10-22(29)16-25(20)24/h6-8,10-12,16,24,27H,9,13-15,17,30H2,1-5H3,(H,31,34)/t24-,27?/m1/s1. The number of hydrogen-bond acceptors (Lipinski definition) is 4. The summed E-state index contributed by atoms with van der Waals surface area (Å²) < 4.78 is 8.86. The number of nitrogens with zero attached hydrogens (tertiary/aromatic N) is 2. The molecule has 1 amide bonds. The molecular weight excluding hydrogens is 532 g/mol. The van der Waals surface area contributed by atoms with E-state index in [2.05, 4.69) is 59.9 Å². The number of nitrogens with one attached hydrogen (secondary N) is 1. The summed E-state index contributed by atoms with van der Waals surface area (Å²) in [4.78, 5) is 13.0. The smallest absolute Gasteiger partial charge is 0.241 e. The number of anilines is 1. The molecule has 0 radical (unpaired) electrons. The number of nitrogens with two attached hydrogens (primary N) is 1. The molecule has 36 heavy (non-hydrogen) atoms. The SMILES string of the molecule is Cc1nn(COCC[Si](C)(C)C)c(C)c1-c1ccc(NC(=O)C(N)[C@@H]2CCc3ccc(Br)cc32)cc1. The summed E-state index contributed by atoms with van der Waals surface area (Å²) in [7, 11) is -1.11. The van der Waals surface area contributed by atoms with Crippen LogP contribution in [0.15, 0.2) is 46.9 Å². The summed E-state index contributed by atoms with van der Waals surface area (Å²) in [5.41, 5.74) is 13.8. The number of carbonyl (C=O) groups is 1. The Morgan fingerprint density at radius 3 is 2.64 bits per heavy atom. The Kier molecular flexibility index (Phi) is 8.19. The van der Waals surface area contributed by atoms with Crippen LogP contribution < -0.4 is 11.1 Å². The van der Waals surface area contributed by atoms with Crippen molar-refractivity contribution in [2.75, 3.05) is 11.9 Å². The first-order valence-electron chi connectivity index (χ1n) is 12.6. The van der Waals surface area contributed by atoms with E-state index in [-0.39, 0.29) is 11.8 Å². The zero-order chi connectivity index (χ0) is 26.0. The van der Waals surface area contributed by atoms with Gasteiger partial charge < -0.3 is 15.8 Å². The lowest BCUT2D eigenvalue weighted by atomic mass is 9.93. The van der Waals surface area contributed by atoms with E-state index in [0.717, 1.165) is 58.2 Å². The Morgan fingerprint density at radius 2 is 1.94 bits per heavy atom. The van der Waals surface area contributed by atoms with Crippen LogP contribution in [0.25, 0.3) is 11.1 Å². The van der Waals surface area contributed by atoms with E-state index in [0.29, 0.717) is 6.73 Å². The highest BCUT2D eigenvalue weighted by Crippen LogP contribution is 2.37. The van der Waals surface area contributed by atoms with Crippen molar-refractivity contribution in [3.63, 3.8) is 0 Å². The molecule has 1 heterocycles. The van der Waals surface area contributed by atoms with Gasteiger partial charge in [-0.15, -0.1) is 0 Å². The highest BCUT2D eigenvalue weighted by molar-refractivity contribution is 9.10. The molecule has 1 aliphatic carbocycles. The molecule has 8 heteroatoms. The number of rotatable bonds is 9. The maximum atomic E-state index is 13.0. The molecule has 192 valence electrons. The first kappa shape index (κ1) is 26.8. The van der Waals surface area contributed by atoms with E-state index < -0.39 is 14.1 Å². The van der Waals surface area contributed by atoms with Crippen LogP contribution in [0.3, 0.4) is 0 Å². The molecule has 3 aromatic rings. The first-order valence-corrected chi connectivity index (χ1v) is 17.1. The normalized spacial score (nSPS) is 16.1. The van der Waals surface area contributed by atoms with Crippen LogP contribution in [0.5, 0.6) is 0 Å². The Hall–Kier alpha value is -2.26. The molecule has 0 fully saturated rings. The number of benzene rings is 2. The molecule has 0 saturated heterocycles. The summed E-state index contributed by atoms with van der Waals surface area (Å²) in [6, 6.07) is 14.7. The number of fused-ring (bicyclic) bond motifs is 1. The van der Waals surface area contributed by atoms with Crippen LogP contribution in [-0.2, 0) is 22.7 Å². The fourth-order valence-corrected chi connectivity index (χ4v) is 6.01. The number of carbonyl (C=O) groups excluding carboxylic acids is 1. The van der Waals surface area contributed by atoms with E-state index >= 15 is 0 Å². The van der Waals surface area contributed by atoms with Crippen molar-refractivity contribution in [3.8, 4) is 11.1 Å². The quantitative estimate of drug-likeness (QED) is 0.236. The second kappa shape index (κ2) is 11.0. The van der Waals surface area contributed by atoms with Crippen molar-refractivity contribution in [2.45, 2.75) is 71.1 Å². The van der Waals surface area contributed by atoms with Gasteiger partial charge in [0.05, 0.1) is 11.7 Å². The molecule has 6 nitrogen and oxygen atoms in total. The van der Waals surface area contributed by atoms with Gasteiger partial charge in [-0.05, 0) is 73.7 Å². The number of aryl methyl sites for hydroxylation is 2. The Morgan fingerprint density at radius 1 is 1.22 bits per heavy atom. The molecule has 0 bridgehead atoms. The van der Waals surface area contributed by atoms with Crippen molar-refractivity contribution in [3.05, 3.63) is 69.5 Å². The summed E-state index contributed by atoms with van der Waals surface area (Å²) in [6.07, 6.45) is 1.85. The number of aromatic nitrogens is 2. The second-order valence-electron chi connectivity index (χ2n) is 11.0. The van der Waals surface area contributed by atoms with Gasteiger partial charge in [-0.25, -0.2) is 4.68 Å². The van der Waals surface area contributed by atoms with E-state index in [9.17, 15) is 4.79 Å². The highest BCUT2D eigenvalue weighted by atomic mass is 79.9. The van der Waals surface area contributed by atoms with Gasteiger partial charge in [0, 0.05) is 42.0 Å². The summed E-state index contributed by atoms with van der Waals surface area (Å²) >= 11 is 3.54. The third kappa shape index (κ3) is 6.17. The molecule has 0 spiro atoms. The van der Waals surface area contributed by atoms with Crippen LogP contribution in [0.4, 0.5) is 5.69 Å². The van der Waals surface area contributed by atoms with Gasteiger partial charge in [0.2, 0.25) is 5.91 Å². The average molecular weight is 570 g/mol. The van der Waals surface area contributed by atoms with Crippen molar-refractivity contribution in [1.82, 2.24) is 9.78 Å². The monoisotopic (exact) mass is 568 g/mol. The van der Waals surface area contributed by atoms with Gasteiger partial charge in [-0.1, -0.05) is 53.8 Å². The van der Waals surface area contributed by atoms with Gasteiger partial charge >= 0.3 is 0 Å². The minimum Gasteiger partial charge on any atom is -0.360 e. The van der Waals surface area contributed by atoms with E-state index in [1.807, 2.05) is 41.9 Å². The minimum absolute atomic E-state index is 0.0286. The molecule has 0 saturated carbocycles. The Balaban J connectivity index is 1.40. The van der Waals surface area contributed by atoms with Crippen molar-refractivity contribution < 1.29 is 9.53 Å². The highest BCUT2D eigenvalue weighted by Gasteiger charge is 2.32. The predicted octanol–water partition coefficient (Wildman–Crippen LogP) is 6.24. The van der Waals surface area contributed by atoms with Crippen LogP contribution >= 0.6 is 15.9 Å². The third-order valence-electron chi connectivity index (χ3n) is 7.00. The van der Waals surface area contributed by atoms with Crippen LogP contribution in [0, 0.1) is 13.8 Å². The molecule has 0 aliphatic heterocycles. The van der Waals surface area contributed by atoms with Gasteiger partial charge in [-0.3, -0.25) is 4.79 Å². The fraction of sp³-hybridized carbons (Fsp3) is 0.429. The van der Waals surface area contributed by atoms with Gasteiger partial charge in [0.1, 0.15) is 6.73 Å². The third-order valence-corrected chi connectivity index (χ3v) is 9.20. The lowest BCUT2D eigenvalue weighted by molar-refractivity contribution is -0.117. The zero-order valence-electron chi connectivity index (χ0n) is 21.9. The first-order chi connectivity index (χ1) is 17.0. The summed E-state index contributed by atoms with van der Waals surface area (Å²) in [5, 5.41) is 7.71. The molecular formula is C28H37BrN4O2Si. The van der Waals surface area contributed by atoms with Crippen molar-refractivity contribution in [1.29, 1.82) is 0 Å². The molecule has 2 aromatic carbocycles. The fourth-order valence-electron chi connectivity index (χ4n) is 4.88.